The number of halogens is 3. The standard InChI is InChI=1S/C11H6Br3NO4S2/c12-5-1-2-7(6(13)3-5)15-21(18,19)9-4-8(11(16)17)20-10(9)14/h1-4,15H,(H,16,17). The number of hydrogen-bond donors (Lipinski definition) is 2. The van der Waals surface area contributed by atoms with E-state index < -0.39 is 16.0 Å². The molecule has 21 heavy (non-hydrogen) atoms. The van der Waals surface area contributed by atoms with Crippen LogP contribution in [0.2, 0.25) is 0 Å². The summed E-state index contributed by atoms with van der Waals surface area (Å²) in [6.07, 6.45) is 0. The van der Waals surface area contributed by atoms with E-state index in [-0.39, 0.29) is 13.6 Å². The van der Waals surface area contributed by atoms with Gasteiger partial charge in [-0.25, -0.2) is 13.2 Å². The van der Waals surface area contributed by atoms with E-state index in [0.717, 1.165) is 21.9 Å². The van der Waals surface area contributed by atoms with Crippen LogP contribution in [-0.4, -0.2) is 19.5 Å². The SMILES string of the molecule is O=C(O)c1cc(S(=O)(=O)Nc2ccc(Br)cc2Br)c(Br)s1. The van der Waals surface area contributed by atoms with Gasteiger partial charge in [-0.15, -0.1) is 11.3 Å². The molecule has 10 heteroatoms. The summed E-state index contributed by atoms with van der Waals surface area (Å²) in [5.41, 5.74) is 0.355. The van der Waals surface area contributed by atoms with Gasteiger partial charge in [-0.1, -0.05) is 15.9 Å². The molecule has 0 fully saturated rings. The third-order valence-electron chi connectivity index (χ3n) is 2.33. The number of sulfonamides is 1. The van der Waals surface area contributed by atoms with Crippen LogP contribution in [-0.2, 0) is 10.0 Å². The number of thiophene rings is 1. The maximum Gasteiger partial charge on any atom is 0.345 e. The Labute approximate surface area is 149 Å². The molecule has 0 spiro atoms. The van der Waals surface area contributed by atoms with Crippen LogP contribution < -0.4 is 4.72 Å². The summed E-state index contributed by atoms with van der Waals surface area (Å²) >= 11 is 10.5. The van der Waals surface area contributed by atoms with E-state index in [0.29, 0.717) is 10.2 Å². The normalized spacial score (nSPS) is 11.4. The molecule has 0 atom stereocenters. The lowest BCUT2D eigenvalue weighted by Gasteiger charge is -2.09. The zero-order valence-electron chi connectivity index (χ0n) is 9.93. The number of nitrogens with one attached hydrogen (secondary N) is 1. The molecular formula is C11H6Br3NO4S2. The minimum Gasteiger partial charge on any atom is -0.477 e. The molecule has 1 aromatic heterocycles. The Morgan fingerprint density at radius 1 is 1.19 bits per heavy atom. The van der Waals surface area contributed by atoms with Crippen molar-refractivity contribution in [3.63, 3.8) is 0 Å². The van der Waals surface area contributed by atoms with Gasteiger partial charge in [0.05, 0.1) is 9.47 Å². The molecule has 2 rings (SSSR count). The number of carbonyl (C=O) groups is 1. The van der Waals surface area contributed by atoms with Crippen molar-refractivity contribution < 1.29 is 18.3 Å². The minimum absolute atomic E-state index is 0.0582. The van der Waals surface area contributed by atoms with Crippen molar-refractivity contribution in [1.82, 2.24) is 0 Å². The van der Waals surface area contributed by atoms with Crippen LogP contribution in [0.25, 0.3) is 0 Å². The molecule has 0 aliphatic rings. The average molecular weight is 520 g/mol. The minimum atomic E-state index is -3.89. The zero-order chi connectivity index (χ0) is 15.8. The molecule has 112 valence electrons. The second-order valence-corrected chi connectivity index (χ2v) is 9.57. The summed E-state index contributed by atoms with van der Waals surface area (Å²) in [7, 11) is -3.89. The fourth-order valence-electron chi connectivity index (χ4n) is 1.41. The van der Waals surface area contributed by atoms with E-state index in [2.05, 4.69) is 52.5 Å². The van der Waals surface area contributed by atoms with Crippen LogP contribution in [0, 0.1) is 0 Å². The summed E-state index contributed by atoms with van der Waals surface area (Å²) in [6.45, 7) is 0. The second-order valence-electron chi connectivity index (χ2n) is 3.78. The van der Waals surface area contributed by atoms with Gasteiger partial charge in [0.2, 0.25) is 0 Å². The molecule has 1 aromatic carbocycles. The molecule has 0 saturated heterocycles. The molecule has 0 saturated carbocycles. The highest BCUT2D eigenvalue weighted by atomic mass is 79.9. The van der Waals surface area contributed by atoms with Gasteiger partial charge >= 0.3 is 5.97 Å². The predicted molar refractivity (Wildman–Crippen MR) is 91.6 cm³/mol. The molecule has 2 aromatic rings. The van der Waals surface area contributed by atoms with Crippen LogP contribution in [0.1, 0.15) is 9.67 Å². The number of benzene rings is 1. The first-order chi connectivity index (χ1) is 9.70. The van der Waals surface area contributed by atoms with E-state index in [1.54, 1.807) is 18.2 Å². The molecule has 0 aliphatic heterocycles. The fraction of sp³-hybridized carbons (Fsp3) is 0. The van der Waals surface area contributed by atoms with Gasteiger partial charge in [-0.2, -0.15) is 0 Å². The van der Waals surface area contributed by atoms with Gasteiger partial charge in [0, 0.05) is 8.95 Å². The average Bonchev–Trinajstić information content (AvgIpc) is 2.76. The Morgan fingerprint density at radius 2 is 1.86 bits per heavy atom. The van der Waals surface area contributed by atoms with Crippen LogP contribution in [0.5, 0.6) is 0 Å². The zero-order valence-corrected chi connectivity index (χ0v) is 16.3. The van der Waals surface area contributed by atoms with E-state index >= 15 is 0 Å². The van der Waals surface area contributed by atoms with Gasteiger partial charge in [0.15, 0.2) is 0 Å². The van der Waals surface area contributed by atoms with Gasteiger partial charge in [-0.05, 0) is 56.1 Å². The first-order valence-corrected chi connectivity index (χ1v) is 9.89. The molecular weight excluding hydrogens is 514 g/mol. The first kappa shape index (κ1) is 16.9. The highest BCUT2D eigenvalue weighted by Crippen LogP contribution is 2.34. The quantitative estimate of drug-likeness (QED) is 0.621. The third-order valence-corrected chi connectivity index (χ3v) is 7.09. The Kier molecular flexibility index (Phi) is 5.14. The van der Waals surface area contributed by atoms with Crippen molar-refractivity contribution in [1.29, 1.82) is 0 Å². The summed E-state index contributed by atoms with van der Waals surface area (Å²) < 4.78 is 28.7. The molecule has 0 aliphatic carbocycles. The maximum atomic E-state index is 12.3. The molecule has 0 radical (unpaired) electrons. The van der Waals surface area contributed by atoms with Crippen LogP contribution in [0.15, 0.2) is 41.9 Å². The first-order valence-electron chi connectivity index (χ1n) is 5.21. The summed E-state index contributed by atoms with van der Waals surface area (Å²) in [6, 6.07) is 6.09. The Morgan fingerprint density at radius 3 is 2.38 bits per heavy atom. The highest BCUT2D eigenvalue weighted by molar-refractivity contribution is 9.11. The van der Waals surface area contributed by atoms with E-state index in [9.17, 15) is 13.2 Å². The summed E-state index contributed by atoms with van der Waals surface area (Å²) in [5.74, 6) is -1.17. The van der Waals surface area contributed by atoms with E-state index in [1.807, 2.05) is 0 Å². The fourth-order valence-corrected chi connectivity index (χ4v) is 6.17. The van der Waals surface area contributed by atoms with E-state index in [4.69, 9.17) is 5.11 Å². The van der Waals surface area contributed by atoms with Crippen molar-refractivity contribution in [2.24, 2.45) is 0 Å². The van der Waals surface area contributed by atoms with Crippen molar-refractivity contribution >= 4 is 80.8 Å². The lowest BCUT2D eigenvalue weighted by molar-refractivity contribution is 0.0702. The van der Waals surface area contributed by atoms with Crippen molar-refractivity contribution in [3.05, 3.63) is 41.9 Å². The lowest BCUT2D eigenvalue weighted by Crippen LogP contribution is -2.13. The van der Waals surface area contributed by atoms with Gasteiger partial charge < -0.3 is 5.11 Å². The molecule has 2 N–H and O–H groups in total. The van der Waals surface area contributed by atoms with E-state index in [1.165, 1.54) is 0 Å². The number of rotatable bonds is 4. The molecule has 0 amide bonds. The Hall–Kier alpha value is -0.420. The lowest BCUT2D eigenvalue weighted by atomic mass is 10.3. The largest absolute Gasteiger partial charge is 0.477 e. The number of carboxylic acid groups (broad SMARTS) is 1. The van der Waals surface area contributed by atoms with Crippen LogP contribution in [0.3, 0.4) is 0 Å². The number of hydrogen-bond acceptors (Lipinski definition) is 4. The summed E-state index contributed by atoms with van der Waals surface area (Å²) in [5, 5.41) is 8.91. The monoisotopic (exact) mass is 517 g/mol. The van der Waals surface area contributed by atoms with Gasteiger partial charge in [-0.3, -0.25) is 4.72 Å². The topological polar surface area (TPSA) is 83.5 Å². The third kappa shape index (κ3) is 3.86. The highest BCUT2D eigenvalue weighted by Gasteiger charge is 2.23. The Bertz CT molecular complexity index is 817. The Balaban J connectivity index is 2.41. The van der Waals surface area contributed by atoms with Crippen molar-refractivity contribution in [2.45, 2.75) is 4.90 Å². The smallest absolute Gasteiger partial charge is 0.345 e. The molecule has 5 nitrogen and oxygen atoms in total. The predicted octanol–water partition coefficient (Wildman–Crippen LogP) is 4.53. The maximum absolute atomic E-state index is 12.3. The summed E-state index contributed by atoms with van der Waals surface area (Å²) in [4.78, 5) is 10.7. The van der Waals surface area contributed by atoms with Gasteiger partial charge in [0.25, 0.3) is 10.0 Å². The second kappa shape index (κ2) is 6.37. The molecule has 1 heterocycles. The van der Waals surface area contributed by atoms with Crippen molar-refractivity contribution in [3.8, 4) is 0 Å². The number of anilines is 1. The molecule has 0 bridgehead atoms. The van der Waals surface area contributed by atoms with Crippen LogP contribution in [0.4, 0.5) is 5.69 Å². The van der Waals surface area contributed by atoms with Crippen molar-refractivity contribution in [2.75, 3.05) is 4.72 Å². The van der Waals surface area contributed by atoms with Gasteiger partial charge in [0.1, 0.15) is 9.77 Å². The molecule has 0 unspecified atom stereocenters. The number of aromatic carboxylic acids is 1. The van der Waals surface area contributed by atoms with Crippen LogP contribution >= 0.6 is 59.1 Å². The number of carboxylic acids is 1.